The highest BCUT2D eigenvalue weighted by molar-refractivity contribution is 5.78. The van der Waals surface area contributed by atoms with E-state index in [-0.39, 0.29) is 18.0 Å². The van der Waals surface area contributed by atoms with Gasteiger partial charge in [0.05, 0.1) is 19.8 Å². The Morgan fingerprint density at radius 1 is 0.957 bits per heavy atom. The van der Waals surface area contributed by atoms with Gasteiger partial charge >= 0.3 is 6.03 Å². The summed E-state index contributed by atoms with van der Waals surface area (Å²) in [5.41, 5.74) is 0. The highest BCUT2D eigenvalue weighted by atomic mass is 16.5. The summed E-state index contributed by atoms with van der Waals surface area (Å²) < 4.78 is 5.28. The van der Waals surface area contributed by atoms with Crippen molar-refractivity contribution in [3.8, 4) is 0 Å². The minimum atomic E-state index is 0.0687. The molecule has 2 heterocycles. The van der Waals surface area contributed by atoms with E-state index in [1.807, 2.05) is 16.7 Å². The van der Waals surface area contributed by atoms with Crippen molar-refractivity contribution < 1.29 is 14.3 Å². The van der Waals surface area contributed by atoms with Gasteiger partial charge in [-0.25, -0.2) is 4.79 Å². The smallest absolute Gasteiger partial charge is 0.320 e. The molecule has 2 rings (SSSR count). The summed E-state index contributed by atoms with van der Waals surface area (Å²) in [4.78, 5) is 30.3. The number of nitrogens with zero attached hydrogens (tertiary/aromatic N) is 3. The number of carbonyl (C=O) groups is 2. The van der Waals surface area contributed by atoms with Crippen LogP contribution >= 0.6 is 0 Å². The van der Waals surface area contributed by atoms with E-state index in [0.29, 0.717) is 51.9 Å². The summed E-state index contributed by atoms with van der Waals surface area (Å²) in [5.74, 6) is 0.501. The van der Waals surface area contributed by atoms with Crippen LogP contribution in [0.5, 0.6) is 0 Å². The fraction of sp³-hybridized carbons (Fsp3) is 0.875. The number of hydrogen-bond donors (Lipinski definition) is 1. The second kappa shape index (κ2) is 8.49. The molecule has 1 N–H and O–H groups in total. The Morgan fingerprint density at radius 3 is 2.09 bits per heavy atom. The lowest BCUT2D eigenvalue weighted by molar-refractivity contribution is -0.123. The fourth-order valence-corrected chi connectivity index (χ4v) is 2.72. The zero-order valence-corrected chi connectivity index (χ0v) is 14.6. The number of ether oxygens (including phenoxy) is 1. The van der Waals surface area contributed by atoms with Crippen LogP contribution in [0.3, 0.4) is 0 Å². The van der Waals surface area contributed by atoms with E-state index >= 15 is 0 Å². The van der Waals surface area contributed by atoms with E-state index in [9.17, 15) is 9.59 Å². The highest BCUT2D eigenvalue weighted by Crippen LogP contribution is 2.08. The van der Waals surface area contributed by atoms with Crippen molar-refractivity contribution in [2.75, 3.05) is 59.0 Å². The molecule has 0 aliphatic carbocycles. The predicted molar refractivity (Wildman–Crippen MR) is 88.2 cm³/mol. The normalized spacial score (nSPS) is 21.4. The predicted octanol–water partition coefficient (Wildman–Crippen LogP) is 0.217. The number of nitrogens with one attached hydrogen (secondary N) is 1. The quantitative estimate of drug-likeness (QED) is 0.802. The summed E-state index contributed by atoms with van der Waals surface area (Å²) in [5, 5.41) is 3.03. The molecule has 0 bridgehead atoms. The van der Waals surface area contributed by atoms with Gasteiger partial charge in [-0.1, -0.05) is 13.8 Å². The van der Waals surface area contributed by atoms with Gasteiger partial charge in [0.1, 0.15) is 0 Å². The third kappa shape index (κ3) is 5.35. The zero-order chi connectivity index (χ0) is 16.8. The molecule has 1 atom stereocenters. The molecule has 0 saturated carbocycles. The molecule has 3 amide bonds. The first-order valence-electron chi connectivity index (χ1n) is 8.60. The van der Waals surface area contributed by atoms with Crippen molar-refractivity contribution in [3.63, 3.8) is 0 Å². The topological polar surface area (TPSA) is 65.1 Å². The van der Waals surface area contributed by atoms with Crippen LogP contribution in [-0.2, 0) is 9.53 Å². The third-order valence-electron chi connectivity index (χ3n) is 4.68. The van der Waals surface area contributed by atoms with E-state index in [0.717, 1.165) is 13.1 Å². The lowest BCUT2D eigenvalue weighted by Crippen LogP contribution is -2.56. The molecule has 0 spiro atoms. The molecule has 0 aromatic heterocycles. The van der Waals surface area contributed by atoms with Crippen LogP contribution in [0.4, 0.5) is 4.79 Å². The van der Waals surface area contributed by atoms with Crippen LogP contribution < -0.4 is 5.32 Å². The second-order valence-corrected chi connectivity index (χ2v) is 6.75. The number of rotatable bonds is 4. The zero-order valence-electron chi connectivity index (χ0n) is 14.6. The second-order valence-electron chi connectivity index (χ2n) is 6.75. The molecule has 7 nitrogen and oxygen atoms in total. The molecule has 1 unspecified atom stereocenters. The van der Waals surface area contributed by atoms with Gasteiger partial charge in [0.25, 0.3) is 0 Å². The van der Waals surface area contributed by atoms with E-state index in [1.54, 1.807) is 0 Å². The van der Waals surface area contributed by atoms with Crippen LogP contribution in [0.15, 0.2) is 0 Å². The third-order valence-corrected chi connectivity index (χ3v) is 4.68. The largest absolute Gasteiger partial charge is 0.378 e. The molecule has 23 heavy (non-hydrogen) atoms. The van der Waals surface area contributed by atoms with Gasteiger partial charge in [0.2, 0.25) is 5.91 Å². The van der Waals surface area contributed by atoms with Crippen LogP contribution in [-0.4, -0.2) is 91.7 Å². The lowest BCUT2D eigenvalue weighted by atomic mass is 10.1. The van der Waals surface area contributed by atoms with Crippen molar-refractivity contribution in [2.24, 2.45) is 5.92 Å². The lowest BCUT2D eigenvalue weighted by Gasteiger charge is -2.38. The maximum Gasteiger partial charge on any atom is 0.320 e. The highest BCUT2D eigenvalue weighted by Gasteiger charge is 2.27. The van der Waals surface area contributed by atoms with Gasteiger partial charge in [0, 0.05) is 45.3 Å². The number of carbonyl (C=O) groups excluding carboxylic acids is 2. The number of amides is 3. The van der Waals surface area contributed by atoms with Crippen molar-refractivity contribution >= 4 is 11.9 Å². The monoisotopic (exact) mass is 326 g/mol. The number of piperazine rings is 1. The first kappa shape index (κ1) is 18.0. The number of urea groups is 1. The Morgan fingerprint density at radius 2 is 1.52 bits per heavy atom. The van der Waals surface area contributed by atoms with Crippen LogP contribution in [0.25, 0.3) is 0 Å². The summed E-state index contributed by atoms with van der Waals surface area (Å²) >= 11 is 0. The van der Waals surface area contributed by atoms with Gasteiger partial charge in [-0.2, -0.15) is 0 Å². The molecule has 132 valence electrons. The van der Waals surface area contributed by atoms with Crippen molar-refractivity contribution in [1.29, 1.82) is 0 Å². The molecule has 2 fully saturated rings. The van der Waals surface area contributed by atoms with Crippen LogP contribution in [0.2, 0.25) is 0 Å². The van der Waals surface area contributed by atoms with Crippen molar-refractivity contribution in [1.82, 2.24) is 20.0 Å². The Hall–Kier alpha value is -1.34. The number of hydrogen-bond acceptors (Lipinski definition) is 4. The average molecular weight is 326 g/mol. The molecule has 0 aromatic carbocycles. The van der Waals surface area contributed by atoms with Crippen molar-refractivity contribution in [3.05, 3.63) is 0 Å². The summed E-state index contributed by atoms with van der Waals surface area (Å²) in [6, 6.07) is 0.289. The van der Waals surface area contributed by atoms with E-state index in [4.69, 9.17) is 4.74 Å². The Kier molecular flexibility index (Phi) is 6.65. The van der Waals surface area contributed by atoms with Crippen LogP contribution in [0, 0.1) is 5.92 Å². The molecule has 2 aliphatic heterocycles. The maximum absolute atomic E-state index is 12.4. The van der Waals surface area contributed by atoms with E-state index in [1.165, 1.54) is 0 Å². The Balaban J connectivity index is 1.71. The molecule has 7 heteroatoms. The van der Waals surface area contributed by atoms with Gasteiger partial charge < -0.3 is 19.9 Å². The minimum absolute atomic E-state index is 0.0687. The van der Waals surface area contributed by atoms with E-state index in [2.05, 4.69) is 24.1 Å². The van der Waals surface area contributed by atoms with Gasteiger partial charge in [0.15, 0.2) is 0 Å². The average Bonchev–Trinajstić information content (AvgIpc) is 2.55. The molecule has 0 radical (unpaired) electrons. The van der Waals surface area contributed by atoms with Gasteiger partial charge in [-0.3, -0.25) is 9.69 Å². The first-order valence-corrected chi connectivity index (χ1v) is 8.60. The fourth-order valence-electron chi connectivity index (χ4n) is 2.72. The molecule has 0 aromatic rings. The summed E-state index contributed by atoms with van der Waals surface area (Å²) in [7, 11) is 0. The van der Waals surface area contributed by atoms with Gasteiger partial charge in [-0.15, -0.1) is 0 Å². The SMILES string of the molecule is CC(C)C(C)NC(=O)CN1CCN(C(=O)N2CCOCC2)CC1. The van der Waals surface area contributed by atoms with E-state index < -0.39 is 0 Å². The number of morpholine rings is 1. The van der Waals surface area contributed by atoms with Gasteiger partial charge in [-0.05, 0) is 12.8 Å². The first-order chi connectivity index (χ1) is 11.0. The maximum atomic E-state index is 12.4. The molecular weight excluding hydrogens is 296 g/mol. The summed E-state index contributed by atoms with van der Waals surface area (Å²) in [6.07, 6.45) is 0. The standard InChI is InChI=1S/C16H30N4O3/c1-13(2)14(3)17-15(21)12-18-4-6-19(7-5-18)16(22)20-8-10-23-11-9-20/h13-14H,4-12H2,1-3H3,(H,17,21). The molecule has 2 saturated heterocycles. The van der Waals surface area contributed by atoms with Crippen molar-refractivity contribution in [2.45, 2.75) is 26.8 Å². The molecule has 2 aliphatic rings. The summed E-state index contributed by atoms with van der Waals surface area (Å²) in [6.45, 7) is 12.1. The van der Waals surface area contributed by atoms with Crippen LogP contribution in [0.1, 0.15) is 20.8 Å². The Labute approximate surface area is 138 Å². The minimum Gasteiger partial charge on any atom is -0.378 e. The Bertz CT molecular complexity index is 402. The molecular formula is C16H30N4O3.